The molecule has 0 saturated carbocycles. The molecule has 0 saturated heterocycles. The average Bonchev–Trinajstić information content (AvgIpc) is 2.13. The van der Waals surface area contributed by atoms with E-state index in [2.05, 4.69) is 9.71 Å². The number of amides is 1. The van der Waals surface area contributed by atoms with Crippen LogP contribution in [0.4, 0.5) is 0 Å². The first-order valence-electron chi connectivity index (χ1n) is 5.06. The molecule has 1 amide bonds. The number of aromatic nitrogens is 1. The lowest BCUT2D eigenvalue weighted by molar-refractivity contribution is -0.119. The van der Waals surface area contributed by atoms with Crippen molar-refractivity contribution >= 4 is 27.5 Å². The smallest absolute Gasteiger partial charge is 0.242 e. The fourth-order valence-corrected chi connectivity index (χ4v) is 2.88. The number of nitrogens with one attached hydrogen (secondary N) is 1. The van der Waals surface area contributed by atoms with Crippen LogP contribution in [0.15, 0.2) is 23.2 Å². The minimum atomic E-state index is -3.76. The number of rotatable bonds is 5. The fraction of sp³-hybridized carbons (Fsp3) is 0.400. The molecule has 6 nitrogen and oxygen atoms in total. The van der Waals surface area contributed by atoms with Crippen molar-refractivity contribution < 1.29 is 13.2 Å². The molecular weight excluding hydrogens is 278 g/mol. The van der Waals surface area contributed by atoms with Gasteiger partial charge in [-0.15, -0.1) is 0 Å². The van der Waals surface area contributed by atoms with Crippen molar-refractivity contribution in [3.8, 4) is 0 Å². The van der Waals surface area contributed by atoms with Crippen LogP contribution < -0.4 is 10.5 Å². The van der Waals surface area contributed by atoms with Crippen LogP contribution in [-0.2, 0) is 14.8 Å². The van der Waals surface area contributed by atoms with E-state index in [-0.39, 0.29) is 16.5 Å². The number of sulfonamides is 1. The average molecular weight is 292 g/mol. The van der Waals surface area contributed by atoms with Crippen LogP contribution in [0.2, 0.25) is 5.15 Å². The number of hydrogen-bond acceptors (Lipinski definition) is 4. The van der Waals surface area contributed by atoms with Gasteiger partial charge in [0, 0.05) is 18.2 Å². The maximum Gasteiger partial charge on any atom is 0.242 e. The highest BCUT2D eigenvalue weighted by molar-refractivity contribution is 7.89. The van der Waals surface area contributed by atoms with E-state index in [1.807, 2.05) is 0 Å². The Hall–Kier alpha value is -1.18. The molecule has 18 heavy (non-hydrogen) atoms. The number of primary amides is 1. The van der Waals surface area contributed by atoms with Gasteiger partial charge in [0.25, 0.3) is 0 Å². The molecule has 0 aliphatic carbocycles. The lowest BCUT2D eigenvalue weighted by Gasteiger charge is -2.24. The van der Waals surface area contributed by atoms with E-state index in [1.165, 1.54) is 12.1 Å². The Bertz CT molecular complexity index is 540. The lowest BCUT2D eigenvalue weighted by Crippen LogP contribution is -2.45. The van der Waals surface area contributed by atoms with Crippen molar-refractivity contribution in [2.45, 2.75) is 30.7 Å². The molecule has 0 bridgehead atoms. The quantitative estimate of drug-likeness (QED) is 0.778. The van der Waals surface area contributed by atoms with Gasteiger partial charge in [-0.1, -0.05) is 11.6 Å². The van der Waals surface area contributed by atoms with E-state index in [9.17, 15) is 13.2 Å². The van der Waals surface area contributed by atoms with Crippen molar-refractivity contribution in [1.82, 2.24) is 9.71 Å². The fourth-order valence-electron chi connectivity index (χ4n) is 1.42. The van der Waals surface area contributed by atoms with Gasteiger partial charge in [0.05, 0.1) is 0 Å². The van der Waals surface area contributed by atoms with Gasteiger partial charge in [0.15, 0.2) is 0 Å². The zero-order valence-electron chi connectivity index (χ0n) is 9.97. The summed E-state index contributed by atoms with van der Waals surface area (Å²) in [6.45, 7) is 3.14. The molecule has 1 aromatic heterocycles. The first kappa shape index (κ1) is 14.9. The second-order valence-corrected chi connectivity index (χ2v) is 6.52. The number of nitrogens with zero attached hydrogens (tertiary/aromatic N) is 1. The topological polar surface area (TPSA) is 102 Å². The molecule has 0 aromatic carbocycles. The summed E-state index contributed by atoms with van der Waals surface area (Å²) in [7, 11) is -3.76. The first-order chi connectivity index (χ1) is 8.12. The largest absolute Gasteiger partial charge is 0.370 e. The molecule has 3 N–H and O–H groups in total. The van der Waals surface area contributed by atoms with Crippen LogP contribution in [0.1, 0.15) is 20.3 Å². The number of nitrogens with two attached hydrogens (primary N) is 1. The summed E-state index contributed by atoms with van der Waals surface area (Å²) in [6.07, 6.45) is 1.04. The van der Waals surface area contributed by atoms with Crippen molar-refractivity contribution in [1.29, 1.82) is 0 Å². The minimum absolute atomic E-state index is 0.0237. The van der Waals surface area contributed by atoms with Gasteiger partial charge in [-0.3, -0.25) is 4.79 Å². The molecule has 0 radical (unpaired) electrons. The monoisotopic (exact) mass is 291 g/mol. The van der Waals surface area contributed by atoms with E-state index < -0.39 is 21.5 Å². The number of carbonyl (C=O) groups is 1. The zero-order chi connectivity index (χ0) is 14.0. The minimum Gasteiger partial charge on any atom is -0.370 e. The Balaban J connectivity index is 2.95. The van der Waals surface area contributed by atoms with Crippen LogP contribution in [0.25, 0.3) is 0 Å². The highest BCUT2D eigenvalue weighted by atomic mass is 35.5. The predicted octanol–water partition coefficient (Wildman–Crippen LogP) is 0.667. The van der Waals surface area contributed by atoms with Gasteiger partial charge in [-0.25, -0.2) is 18.1 Å². The van der Waals surface area contributed by atoms with Crippen LogP contribution in [0.3, 0.4) is 0 Å². The predicted molar refractivity (Wildman–Crippen MR) is 67.5 cm³/mol. The molecular formula is C10H14ClN3O3S. The normalized spacial score (nSPS) is 12.4. The van der Waals surface area contributed by atoms with Crippen LogP contribution in [0, 0.1) is 0 Å². The summed E-state index contributed by atoms with van der Waals surface area (Å²) < 4.78 is 26.4. The summed E-state index contributed by atoms with van der Waals surface area (Å²) in [5.41, 5.74) is 4.08. The Kier molecular flexibility index (Phi) is 4.31. The Labute approximate surface area is 111 Å². The number of hydrogen-bond donors (Lipinski definition) is 2. The van der Waals surface area contributed by atoms with Gasteiger partial charge >= 0.3 is 0 Å². The van der Waals surface area contributed by atoms with Gasteiger partial charge in [0.1, 0.15) is 10.0 Å². The molecule has 0 aliphatic rings. The molecule has 0 spiro atoms. The SMILES string of the molecule is CC(C)(CC(N)=O)NS(=O)(=O)c1ccc(Cl)nc1. The molecule has 100 valence electrons. The molecule has 1 rings (SSSR count). The highest BCUT2D eigenvalue weighted by Gasteiger charge is 2.28. The third-order valence-corrected chi connectivity index (χ3v) is 3.94. The number of carbonyl (C=O) groups excluding carboxylic acids is 1. The summed E-state index contributed by atoms with van der Waals surface area (Å²) in [6, 6.07) is 2.70. The van der Waals surface area contributed by atoms with E-state index in [0.29, 0.717) is 0 Å². The third-order valence-electron chi connectivity index (χ3n) is 2.04. The van der Waals surface area contributed by atoms with E-state index in [0.717, 1.165) is 6.20 Å². The maximum absolute atomic E-state index is 12.0. The first-order valence-corrected chi connectivity index (χ1v) is 6.92. The standard InChI is InChI=1S/C10H14ClN3O3S/c1-10(2,5-9(12)15)14-18(16,17)7-3-4-8(11)13-6-7/h3-4,6,14H,5H2,1-2H3,(H2,12,15). The van der Waals surface area contributed by atoms with E-state index in [4.69, 9.17) is 17.3 Å². The number of pyridine rings is 1. The second-order valence-electron chi connectivity index (χ2n) is 4.45. The molecule has 0 fully saturated rings. The molecule has 0 unspecified atom stereocenters. The lowest BCUT2D eigenvalue weighted by atomic mass is 10.0. The third kappa shape index (κ3) is 4.25. The van der Waals surface area contributed by atoms with Crippen molar-refractivity contribution in [2.24, 2.45) is 5.73 Å². The van der Waals surface area contributed by atoms with E-state index >= 15 is 0 Å². The van der Waals surface area contributed by atoms with Crippen molar-refractivity contribution in [2.75, 3.05) is 0 Å². The summed E-state index contributed by atoms with van der Waals surface area (Å²) in [4.78, 5) is 14.5. The molecule has 8 heteroatoms. The summed E-state index contributed by atoms with van der Waals surface area (Å²) in [5.74, 6) is -0.586. The highest BCUT2D eigenvalue weighted by Crippen LogP contribution is 2.16. The Morgan fingerprint density at radius 2 is 2.11 bits per heavy atom. The molecule has 1 heterocycles. The van der Waals surface area contributed by atoms with Crippen molar-refractivity contribution in [3.63, 3.8) is 0 Å². The molecule has 0 atom stereocenters. The van der Waals surface area contributed by atoms with Gasteiger partial charge < -0.3 is 5.73 Å². The molecule has 1 aromatic rings. The van der Waals surface area contributed by atoms with Gasteiger partial charge in [-0.2, -0.15) is 0 Å². The van der Waals surface area contributed by atoms with Gasteiger partial charge in [-0.05, 0) is 26.0 Å². The second kappa shape index (κ2) is 5.21. The van der Waals surface area contributed by atoms with Gasteiger partial charge in [0.2, 0.25) is 15.9 Å². The van der Waals surface area contributed by atoms with Crippen LogP contribution in [-0.4, -0.2) is 24.8 Å². The zero-order valence-corrected chi connectivity index (χ0v) is 11.5. The molecule has 0 aliphatic heterocycles. The van der Waals surface area contributed by atoms with Crippen LogP contribution >= 0.6 is 11.6 Å². The van der Waals surface area contributed by atoms with Crippen LogP contribution in [0.5, 0.6) is 0 Å². The summed E-state index contributed by atoms with van der Waals surface area (Å²) >= 11 is 5.58. The van der Waals surface area contributed by atoms with Crippen molar-refractivity contribution in [3.05, 3.63) is 23.5 Å². The Morgan fingerprint density at radius 1 is 1.50 bits per heavy atom. The Morgan fingerprint density at radius 3 is 2.56 bits per heavy atom. The number of halogens is 1. The maximum atomic E-state index is 12.0. The summed E-state index contributed by atoms with van der Waals surface area (Å²) in [5, 5.41) is 0.199. The van der Waals surface area contributed by atoms with E-state index in [1.54, 1.807) is 13.8 Å².